The van der Waals surface area contributed by atoms with Crippen LogP contribution < -0.4 is 5.73 Å². The summed E-state index contributed by atoms with van der Waals surface area (Å²) >= 11 is 3.60. The number of halogens is 1. The van der Waals surface area contributed by atoms with Gasteiger partial charge in [-0.2, -0.15) is 5.10 Å². The van der Waals surface area contributed by atoms with Crippen molar-refractivity contribution in [2.45, 2.75) is 32.9 Å². The van der Waals surface area contributed by atoms with Gasteiger partial charge >= 0.3 is 0 Å². The molecular formula is C14H18BrN3. The second kappa shape index (κ2) is 5.24. The van der Waals surface area contributed by atoms with Gasteiger partial charge in [0.05, 0.1) is 11.7 Å². The third-order valence-corrected chi connectivity index (χ3v) is 3.75. The molecule has 1 aromatic carbocycles. The normalized spacial score (nSPS) is 14.5. The molecule has 1 aromatic heterocycles. The lowest BCUT2D eigenvalue weighted by molar-refractivity contribution is 0.442. The van der Waals surface area contributed by atoms with Gasteiger partial charge in [-0.3, -0.25) is 4.68 Å². The van der Waals surface area contributed by atoms with E-state index in [4.69, 9.17) is 5.73 Å². The number of rotatable bonds is 3. The summed E-state index contributed by atoms with van der Waals surface area (Å²) in [6, 6.07) is 10.3. The van der Waals surface area contributed by atoms with E-state index in [1.807, 2.05) is 36.7 Å². The van der Waals surface area contributed by atoms with Crippen LogP contribution in [0.3, 0.4) is 0 Å². The molecule has 4 heteroatoms. The topological polar surface area (TPSA) is 43.8 Å². The van der Waals surface area contributed by atoms with Gasteiger partial charge in [0.25, 0.3) is 0 Å². The Balaban J connectivity index is 2.54. The molecule has 18 heavy (non-hydrogen) atoms. The maximum atomic E-state index is 6.17. The first-order valence-corrected chi connectivity index (χ1v) is 6.82. The van der Waals surface area contributed by atoms with Crippen LogP contribution in [-0.2, 0) is 0 Å². The molecule has 0 radical (unpaired) electrons. The van der Waals surface area contributed by atoms with Crippen molar-refractivity contribution in [1.82, 2.24) is 9.78 Å². The average Bonchev–Trinajstić information content (AvgIpc) is 2.61. The van der Waals surface area contributed by atoms with Crippen LogP contribution in [0.4, 0.5) is 0 Å². The van der Waals surface area contributed by atoms with Crippen LogP contribution >= 0.6 is 15.9 Å². The molecular weight excluding hydrogens is 290 g/mol. The largest absolute Gasteiger partial charge is 0.326 e. The van der Waals surface area contributed by atoms with E-state index >= 15 is 0 Å². The number of benzene rings is 1. The van der Waals surface area contributed by atoms with E-state index in [-0.39, 0.29) is 12.1 Å². The number of nitrogens with two attached hydrogens (primary N) is 1. The van der Waals surface area contributed by atoms with Gasteiger partial charge < -0.3 is 5.73 Å². The van der Waals surface area contributed by atoms with Gasteiger partial charge in [-0.25, -0.2) is 0 Å². The molecule has 0 fully saturated rings. The smallest absolute Gasteiger partial charge is 0.0930 e. The Hall–Kier alpha value is -1.13. The van der Waals surface area contributed by atoms with Gasteiger partial charge in [0.2, 0.25) is 0 Å². The number of aryl methyl sites for hydroxylation is 2. The van der Waals surface area contributed by atoms with Gasteiger partial charge in [-0.15, -0.1) is 0 Å². The fraction of sp³-hybridized carbons (Fsp3) is 0.357. The molecule has 2 unspecified atom stereocenters. The van der Waals surface area contributed by atoms with Crippen LogP contribution in [0.1, 0.15) is 29.9 Å². The molecule has 0 aliphatic heterocycles. The predicted molar refractivity (Wildman–Crippen MR) is 77.6 cm³/mol. The van der Waals surface area contributed by atoms with E-state index in [1.54, 1.807) is 0 Å². The Bertz CT molecular complexity index is 546. The highest BCUT2D eigenvalue weighted by molar-refractivity contribution is 9.10. The quantitative estimate of drug-likeness (QED) is 0.946. The summed E-state index contributed by atoms with van der Waals surface area (Å²) in [5.41, 5.74) is 9.48. The van der Waals surface area contributed by atoms with Crippen molar-refractivity contribution < 1.29 is 0 Å². The average molecular weight is 308 g/mol. The molecule has 2 N–H and O–H groups in total. The lowest BCUT2D eigenvalue weighted by Crippen LogP contribution is -2.31. The Morgan fingerprint density at radius 1 is 1.28 bits per heavy atom. The van der Waals surface area contributed by atoms with E-state index in [0.29, 0.717) is 0 Å². The minimum absolute atomic E-state index is 0.0123. The minimum atomic E-state index is -0.0123. The van der Waals surface area contributed by atoms with Crippen LogP contribution in [0.2, 0.25) is 0 Å². The molecule has 2 atom stereocenters. The lowest BCUT2D eigenvalue weighted by atomic mass is 10.0. The second-order valence-corrected chi connectivity index (χ2v) is 5.55. The molecule has 2 aromatic rings. The first-order valence-electron chi connectivity index (χ1n) is 6.03. The third kappa shape index (κ3) is 2.49. The summed E-state index contributed by atoms with van der Waals surface area (Å²) < 4.78 is 3.08. The summed E-state index contributed by atoms with van der Waals surface area (Å²) in [5.74, 6) is 0. The molecule has 0 saturated carbocycles. The standard InChI is InChI=1S/C14H18BrN3/c1-9-8-10(2)18(17-9)14(11(3)16)12-6-4-5-7-13(12)15/h4-8,11,14H,16H2,1-3H3. The van der Waals surface area contributed by atoms with E-state index in [0.717, 1.165) is 15.9 Å². The van der Waals surface area contributed by atoms with E-state index < -0.39 is 0 Å². The summed E-state index contributed by atoms with van der Waals surface area (Å²) in [6.07, 6.45) is 0. The molecule has 2 rings (SSSR count). The van der Waals surface area contributed by atoms with E-state index in [1.165, 1.54) is 5.56 Å². The van der Waals surface area contributed by atoms with Crippen LogP contribution in [0, 0.1) is 13.8 Å². The molecule has 1 heterocycles. The molecule has 0 amide bonds. The van der Waals surface area contributed by atoms with Crippen LogP contribution in [0.15, 0.2) is 34.8 Å². The minimum Gasteiger partial charge on any atom is -0.326 e. The molecule has 3 nitrogen and oxygen atoms in total. The molecule has 0 bridgehead atoms. The highest BCUT2D eigenvalue weighted by atomic mass is 79.9. The predicted octanol–water partition coefficient (Wildman–Crippen LogP) is 3.20. The van der Waals surface area contributed by atoms with Crippen LogP contribution in [0.5, 0.6) is 0 Å². The Morgan fingerprint density at radius 3 is 2.44 bits per heavy atom. The Kier molecular flexibility index (Phi) is 3.88. The van der Waals surface area contributed by atoms with Crippen molar-refractivity contribution in [1.29, 1.82) is 0 Å². The zero-order valence-electron chi connectivity index (χ0n) is 10.9. The molecule has 0 aliphatic rings. The van der Waals surface area contributed by atoms with Gasteiger partial charge in [-0.05, 0) is 38.5 Å². The van der Waals surface area contributed by atoms with Gasteiger partial charge in [-0.1, -0.05) is 34.1 Å². The monoisotopic (exact) mass is 307 g/mol. The van der Waals surface area contributed by atoms with Crippen molar-refractivity contribution in [2.75, 3.05) is 0 Å². The molecule has 0 saturated heterocycles. The van der Waals surface area contributed by atoms with Gasteiger partial charge in [0, 0.05) is 16.2 Å². The van der Waals surface area contributed by atoms with Crippen molar-refractivity contribution in [2.24, 2.45) is 5.73 Å². The summed E-state index contributed by atoms with van der Waals surface area (Å²) in [4.78, 5) is 0. The first-order chi connectivity index (χ1) is 8.50. The molecule has 0 spiro atoms. The SMILES string of the molecule is Cc1cc(C)n(C(c2ccccc2Br)C(C)N)n1. The van der Waals surface area contributed by atoms with E-state index in [9.17, 15) is 0 Å². The number of nitrogens with zero attached hydrogens (tertiary/aromatic N) is 2. The van der Waals surface area contributed by atoms with Gasteiger partial charge in [0.1, 0.15) is 0 Å². The maximum absolute atomic E-state index is 6.17. The summed E-state index contributed by atoms with van der Waals surface area (Å²) in [6.45, 7) is 6.08. The highest BCUT2D eigenvalue weighted by Crippen LogP contribution is 2.29. The number of aromatic nitrogens is 2. The van der Waals surface area contributed by atoms with Crippen molar-refractivity contribution >= 4 is 15.9 Å². The fourth-order valence-electron chi connectivity index (χ4n) is 2.28. The lowest BCUT2D eigenvalue weighted by Gasteiger charge is -2.24. The second-order valence-electron chi connectivity index (χ2n) is 4.70. The first kappa shape index (κ1) is 13.3. The van der Waals surface area contributed by atoms with Crippen molar-refractivity contribution in [3.05, 3.63) is 51.8 Å². The molecule has 96 valence electrons. The highest BCUT2D eigenvalue weighted by Gasteiger charge is 2.22. The van der Waals surface area contributed by atoms with E-state index in [2.05, 4.69) is 40.1 Å². The van der Waals surface area contributed by atoms with Crippen molar-refractivity contribution in [3.8, 4) is 0 Å². The number of hydrogen-bond donors (Lipinski definition) is 1. The maximum Gasteiger partial charge on any atom is 0.0930 e. The van der Waals surface area contributed by atoms with Crippen LogP contribution in [-0.4, -0.2) is 15.8 Å². The Labute approximate surface area is 116 Å². The Morgan fingerprint density at radius 2 is 1.94 bits per heavy atom. The summed E-state index contributed by atoms with van der Waals surface area (Å²) in [5, 5.41) is 4.57. The van der Waals surface area contributed by atoms with Crippen molar-refractivity contribution in [3.63, 3.8) is 0 Å². The zero-order valence-corrected chi connectivity index (χ0v) is 12.5. The van der Waals surface area contributed by atoms with Gasteiger partial charge in [0.15, 0.2) is 0 Å². The fourth-order valence-corrected chi connectivity index (χ4v) is 2.80. The number of hydrogen-bond acceptors (Lipinski definition) is 2. The van der Waals surface area contributed by atoms with Crippen LogP contribution in [0.25, 0.3) is 0 Å². The zero-order chi connectivity index (χ0) is 13.3. The third-order valence-electron chi connectivity index (χ3n) is 3.03. The molecule has 0 aliphatic carbocycles. The summed E-state index contributed by atoms with van der Waals surface area (Å²) in [7, 11) is 0.